The fourth-order valence-corrected chi connectivity index (χ4v) is 2.14. The van der Waals surface area contributed by atoms with Gasteiger partial charge in [-0.15, -0.1) is 0 Å². The summed E-state index contributed by atoms with van der Waals surface area (Å²) in [4.78, 5) is 0. The van der Waals surface area contributed by atoms with E-state index in [1.807, 2.05) is 49.4 Å². The zero-order chi connectivity index (χ0) is 14.5. The highest BCUT2D eigenvalue weighted by atomic mass is 35.5. The molecule has 3 nitrogen and oxygen atoms in total. The largest absolute Gasteiger partial charge is 0.497 e. The Balaban J connectivity index is 2.12. The third kappa shape index (κ3) is 3.89. The van der Waals surface area contributed by atoms with Gasteiger partial charge in [0, 0.05) is 6.04 Å². The van der Waals surface area contributed by atoms with E-state index in [0.29, 0.717) is 16.5 Å². The van der Waals surface area contributed by atoms with Gasteiger partial charge in [-0.1, -0.05) is 17.7 Å². The van der Waals surface area contributed by atoms with Crippen LogP contribution < -0.4 is 15.2 Å². The van der Waals surface area contributed by atoms with E-state index in [1.165, 1.54) is 0 Å². The Labute approximate surface area is 124 Å². The average molecular weight is 292 g/mol. The summed E-state index contributed by atoms with van der Waals surface area (Å²) in [5.41, 5.74) is 6.88. The van der Waals surface area contributed by atoms with E-state index in [4.69, 9.17) is 26.8 Å². The Kier molecular flexibility index (Phi) is 4.88. The van der Waals surface area contributed by atoms with Crippen LogP contribution in [0.4, 0.5) is 0 Å². The van der Waals surface area contributed by atoms with Gasteiger partial charge in [0.2, 0.25) is 0 Å². The molecule has 20 heavy (non-hydrogen) atoms. The van der Waals surface area contributed by atoms with Crippen molar-refractivity contribution in [3.8, 4) is 17.2 Å². The molecule has 0 aliphatic rings. The Morgan fingerprint density at radius 2 is 1.75 bits per heavy atom. The van der Waals surface area contributed by atoms with Crippen LogP contribution in [0.2, 0.25) is 5.02 Å². The maximum atomic E-state index is 6.23. The predicted octanol–water partition coefficient (Wildman–Crippen LogP) is 4.03. The van der Waals surface area contributed by atoms with Crippen LogP contribution in [0.3, 0.4) is 0 Å². The molecule has 2 rings (SSSR count). The molecular formula is C16H18ClNO2. The topological polar surface area (TPSA) is 44.5 Å². The summed E-state index contributed by atoms with van der Waals surface area (Å²) >= 11 is 6.23. The summed E-state index contributed by atoms with van der Waals surface area (Å²) < 4.78 is 10.9. The van der Waals surface area contributed by atoms with Crippen molar-refractivity contribution in [2.75, 3.05) is 7.11 Å². The molecule has 106 valence electrons. The van der Waals surface area contributed by atoms with Crippen LogP contribution in [0, 0.1) is 0 Å². The van der Waals surface area contributed by atoms with Crippen LogP contribution >= 0.6 is 11.6 Å². The first-order valence-corrected chi connectivity index (χ1v) is 6.82. The lowest BCUT2D eigenvalue weighted by atomic mass is 10.1. The van der Waals surface area contributed by atoms with Crippen molar-refractivity contribution in [1.29, 1.82) is 0 Å². The van der Waals surface area contributed by atoms with Crippen molar-refractivity contribution in [2.24, 2.45) is 5.73 Å². The minimum absolute atomic E-state index is 0.111. The quantitative estimate of drug-likeness (QED) is 0.904. The van der Waals surface area contributed by atoms with E-state index in [0.717, 1.165) is 17.7 Å². The van der Waals surface area contributed by atoms with Crippen molar-refractivity contribution in [1.82, 2.24) is 0 Å². The average Bonchev–Trinajstić information content (AvgIpc) is 2.42. The summed E-state index contributed by atoms with van der Waals surface area (Å²) in [6, 6.07) is 13.2. The van der Waals surface area contributed by atoms with Crippen LogP contribution in [0.1, 0.15) is 12.5 Å². The normalized spacial score (nSPS) is 12.0. The van der Waals surface area contributed by atoms with Crippen LogP contribution in [0.5, 0.6) is 17.2 Å². The van der Waals surface area contributed by atoms with E-state index >= 15 is 0 Å². The zero-order valence-electron chi connectivity index (χ0n) is 11.6. The van der Waals surface area contributed by atoms with Gasteiger partial charge in [0.1, 0.15) is 17.2 Å². The minimum Gasteiger partial charge on any atom is -0.497 e. The van der Waals surface area contributed by atoms with Gasteiger partial charge in [0.25, 0.3) is 0 Å². The Hall–Kier alpha value is -1.71. The van der Waals surface area contributed by atoms with E-state index in [2.05, 4.69) is 0 Å². The molecule has 4 heteroatoms. The fourth-order valence-electron chi connectivity index (χ4n) is 1.90. The van der Waals surface area contributed by atoms with Crippen LogP contribution in [0.25, 0.3) is 0 Å². The number of methoxy groups -OCH3 is 1. The second-order valence-electron chi connectivity index (χ2n) is 4.72. The molecule has 1 unspecified atom stereocenters. The highest BCUT2D eigenvalue weighted by molar-refractivity contribution is 6.32. The first-order chi connectivity index (χ1) is 9.58. The van der Waals surface area contributed by atoms with Crippen molar-refractivity contribution in [3.05, 3.63) is 53.1 Å². The van der Waals surface area contributed by atoms with Crippen molar-refractivity contribution in [3.63, 3.8) is 0 Å². The molecule has 2 aromatic carbocycles. The van der Waals surface area contributed by atoms with Gasteiger partial charge < -0.3 is 15.2 Å². The lowest BCUT2D eigenvalue weighted by molar-refractivity contribution is 0.413. The third-order valence-corrected chi connectivity index (χ3v) is 3.14. The monoisotopic (exact) mass is 291 g/mol. The number of nitrogens with two attached hydrogens (primary N) is 1. The molecule has 0 aliphatic heterocycles. The Morgan fingerprint density at radius 1 is 1.10 bits per heavy atom. The standard InChI is InChI=1S/C16H18ClNO2/c1-11(18)9-12-3-8-16(15(17)10-12)20-14-6-4-13(19-2)5-7-14/h3-8,10-11H,9,18H2,1-2H3. The molecule has 2 aromatic rings. The molecule has 0 aromatic heterocycles. The molecule has 2 N–H and O–H groups in total. The van der Waals surface area contributed by atoms with Crippen LogP contribution in [0.15, 0.2) is 42.5 Å². The maximum absolute atomic E-state index is 6.23. The molecular weight excluding hydrogens is 274 g/mol. The smallest absolute Gasteiger partial charge is 0.146 e. The molecule has 0 radical (unpaired) electrons. The second-order valence-corrected chi connectivity index (χ2v) is 5.13. The van der Waals surface area contributed by atoms with Crippen LogP contribution in [-0.4, -0.2) is 13.2 Å². The van der Waals surface area contributed by atoms with E-state index < -0.39 is 0 Å². The third-order valence-electron chi connectivity index (χ3n) is 2.84. The highest BCUT2D eigenvalue weighted by Crippen LogP contribution is 2.31. The van der Waals surface area contributed by atoms with Crippen molar-refractivity contribution in [2.45, 2.75) is 19.4 Å². The van der Waals surface area contributed by atoms with Gasteiger partial charge in [-0.25, -0.2) is 0 Å². The SMILES string of the molecule is COc1ccc(Oc2ccc(CC(C)N)cc2Cl)cc1. The molecule has 0 amide bonds. The molecule has 0 fully saturated rings. The molecule has 0 heterocycles. The van der Waals surface area contributed by atoms with Gasteiger partial charge in [-0.2, -0.15) is 0 Å². The number of benzene rings is 2. The number of hydrogen-bond donors (Lipinski definition) is 1. The Bertz CT molecular complexity index is 567. The lowest BCUT2D eigenvalue weighted by Gasteiger charge is -2.11. The van der Waals surface area contributed by atoms with E-state index in [1.54, 1.807) is 7.11 Å². The van der Waals surface area contributed by atoms with Crippen molar-refractivity contribution < 1.29 is 9.47 Å². The predicted molar refractivity (Wildman–Crippen MR) is 81.9 cm³/mol. The summed E-state index contributed by atoms with van der Waals surface area (Å²) in [5, 5.41) is 0.582. The molecule has 0 bridgehead atoms. The van der Waals surface area contributed by atoms with Crippen molar-refractivity contribution >= 4 is 11.6 Å². The minimum atomic E-state index is 0.111. The van der Waals surface area contributed by atoms with Gasteiger partial charge in [-0.3, -0.25) is 0 Å². The second kappa shape index (κ2) is 6.64. The van der Waals surface area contributed by atoms with E-state index in [9.17, 15) is 0 Å². The van der Waals surface area contributed by atoms with E-state index in [-0.39, 0.29) is 6.04 Å². The Morgan fingerprint density at radius 3 is 2.30 bits per heavy atom. The number of halogens is 1. The lowest BCUT2D eigenvalue weighted by Crippen LogP contribution is -2.17. The van der Waals surface area contributed by atoms with Gasteiger partial charge in [-0.05, 0) is 55.3 Å². The summed E-state index contributed by atoms with van der Waals surface area (Å²) in [6.07, 6.45) is 0.794. The maximum Gasteiger partial charge on any atom is 0.146 e. The van der Waals surface area contributed by atoms with Gasteiger partial charge >= 0.3 is 0 Å². The number of rotatable bonds is 5. The first kappa shape index (κ1) is 14.7. The van der Waals surface area contributed by atoms with Gasteiger partial charge in [0.15, 0.2) is 0 Å². The molecule has 0 spiro atoms. The van der Waals surface area contributed by atoms with Gasteiger partial charge in [0.05, 0.1) is 12.1 Å². The summed E-state index contributed by atoms with van der Waals surface area (Å²) in [7, 11) is 1.63. The molecule has 0 saturated heterocycles. The zero-order valence-corrected chi connectivity index (χ0v) is 12.4. The summed E-state index contributed by atoms with van der Waals surface area (Å²) in [5.74, 6) is 2.13. The highest BCUT2D eigenvalue weighted by Gasteiger charge is 2.06. The molecule has 0 aliphatic carbocycles. The first-order valence-electron chi connectivity index (χ1n) is 6.44. The molecule has 1 atom stereocenters. The number of hydrogen-bond acceptors (Lipinski definition) is 3. The fraction of sp³-hybridized carbons (Fsp3) is 0.250. The van der Waals surface area contributed by atoms with Crippen LogP contribution in [-0.2, 0) is 6.42 Å². The molecule has 0 saturated carbocycles. The number of ether oxygens (including phenoxy) is 2. The summed E-state index contributed by atoms with van der Waals surface area (Å²) in [6.45, 7) is 1.97.